The van der Waals surface area contributed by atoms with E-state index in [1.165, 1.54) is 6.07 Å². The molecule has 1 amide bonds. The van der Waals surface area contributed by atoms with Gasteiger partial charge in [-0.2, -0.15) is 0 Å². The SMILES string of the molecule is Cc1cccc(C)c1OCC(=O)OCC(=O)NCc1ccccc1F. The number of ether oxygens (including phenoxy) is 2. The molecule has 2 rings (SSSR count). The van der Waals surface area contributed by atoms with Crippen LogP contribution in [-0.2, 0) is 20.9 Å². The van der Waals surface area contributed by atoms with Crippen molar-refractivity contribution in [1.29, 1.82) is 0 Å². The summed E-state index contributed by atoms with van der Waals surface area (Å²) in [5, 5.41) is 2.49. The van der Waals surface area contributed by atoms with Crippen LogP contribution in [-0.4, -0.2) is 25.1 Å². The molecule has 0 aliphatic carbocycles. The molecule has 0 heterocycles. The lowest BCUT2D eigenvalue weighted by molar-refractivity contribution is -0.150. The number of aryl methyl sites for hydroxylation is 2. The Morgan fingerprint density at radius 3 is 2.36 bits per heavy atom. The molecule has 0 bridgehead atoms. The maximum absolute atomic E-state index is 13.4. The molecule has 1 N–H and O–H groups in total. The highest BCUT2D eigenvalue weighted by atomic mass is 19.1. The molecule has 0 saturated heterocycles. The quantitative estimate of drug-likeness (QED) is 0.784. The highest BCUT2D eigenvalue weighted by Gasteiger charge is 2.11. The second-order valence-corrected chi connectivity index (χ2v) is 5.54. The molecule has 6 heteroatoms. The molecule has 132 valence electrons. The lowest BCUT2D eigenvalue weighted by Gasteiger charge is -2.11. The first-order valence-corrected chi connectivity index (χ1v) is 7.82. The van der Waals surface area contributed by atoms with Crippen LogP contribution in [0.2, 0.25) is 0 Å². The van der Waals surface area contributed by atoms with E-state index in [1.807, 2.05) is 32.0 Å². The van der Waals surface area contributed by atoms with Gasteiger partial charge in [0, 0.05) is 12.1 Å². The van der Waals surface area contributed by atoms with Gasteiger partial charge in [0.1, 0.15) is 11.6 Å². The van der Waals surface area contributed by atoms with Gasteiger partial charge in [-0.25, -0.2) is 9.18 Å². The number of carbonyl (C=O) groups excluding carboxylic acids is 2. The second kappa shape index (κ2) is 8.82. The largest absolute Gasteiger partial charge is 0.481 e. The molecule has 0 aromatic heterocycles. The van der Waals surface area contributed by atoms with Crippen LogP contribution in [0.4, 0.5) is 4.39 Å². The summed E-state index contributed by atoms with van der Waals surface area (Å²) in [6.07, 6.45) is 0. The zero-order valence-electron chi connectivity index (χ0n) is 14.2. The van der Waals surface area contributed by atoms with Crippen LogP contribution in [0.1, 0.15) is 16.7 Å². The molecule has 0 atom stereocenters. The third-order valence-electron chi connectivity index (χ3n) is 3.54. The van der Waals surface area contributed by atoms with E-state index in [0.717, 1.165) is 11.1 Å². The smallest absolute Gasteiger partial charge is 0.344 e. The Labute approximate surface area is 145 Å². The van der Waals surface area contributed by atoms with Crippen molar-refractivity contribution >= 4 is 11.9 Å². The van der Waals surface area contributed by atoms with Crippen LogP contribution in [0.5, 0.6) is 5.75 Å². The normalized spacial score (nSPS) is 10.2. The summed E-state index contributed by atoms with van der Waals surface area (Å²) in [7, 11) is 0. The zero-order valence-corrected chi connectivity index (χ0v) is 14.2. The van der Waals surface area contributed by atoms with E-state index >= 15 is 0 Å². The summed E-state index contributed by atoms with van der Waals surface area (Å²) in [4.78, 5) is 23.3. The molecule has 0 aliphatic heterocycles. The molecule has 0 radical (unpaired) electrons. The Balaban J connectivity index is 1.72. The minimum absolute atomic E-state index is 0.0297. The summed E-state index contributed by atoms with van der Waals surface area (Å²) in [5.41, 5.74) is 2.19. The molecule has 0 spiro atoms. The first-order chi connectivity index (χ1) is 12.0. The Kier molecular flexibility index (Phi) is 6.51. The number of halogens is 1. The molecule has 0 aliphatic rings. The summed E-state index contributed by atoms with van der Waals surface area (Å²) < 4.78 is 23.7. The van der Waals surface area contributed by atoms with Crippen molar-refractivity contribution in [2.45, 2.75) is 20.4 Å². The molecule has 5 nitrogen and oxygen atoms in total. The number of para-hydroxylation sites is 1. The van der Waals surface area contributed by atoms with Crippen molar-refractivity contribution in [3.63, 3.8) is 0 Å². The predicted octanol–water partition coefficient (Wildman–Crippen LogP) is 2.68. The number of esters is 1. The minimum atomic E-state index is -0.649. The van der Waals surface area contributed by atoms with Gasteiger partial charge < -0.3 is 14.8 Å². The molecule has 0 saturated carbocycles. The Morgan fingerprint density at radius 1 is 1.00 bits per heavy atom. The van der Waals surface area contributed by atoms with Crippen molar-refractivity contribution in [3.05, 3.63) is 65.0 Å². The topological polar surface area (TPSA) is 64.6 Å². The maximum Gasteiger partial charge on any atom is 0.344 e. The lowest BCUT2D eigenvalue weighted by atomic mass is 10.1. The fourth-order valence-corrected chi connectivity index (χ4v) is 2.23. The van der Waals surface area contributed by atoms with E-state index in [-0.39, 0.29) is 13.2 Å². The second-order valence-electron chi connectivity index (χ2n) is 5.54. The number of nitrogens with one attached hydrogen (secondary N) is 1. The first-order valence-electron chi connectivity index (χ1n) is 7.82. The molecule has 0 unspecified atom stereocenters. The Morgan fingerprint density at radius 2 is 1.68 bits per heavy atom. The highest BCUT2D eigenvalue weighted by molar-refractivity contribution is 5.80. The van der Waals surface area contributed by atoms with E-state index in [0.29, 0.717) is 11.3 Å². The monoisotopic (exact) mass is 345 g/mol. The van der Waals surface area contributed by atoms with Gasteiger partial charge >= 0.3 is 5.97 Å². The first kappa shape index (κ1) is 18.4. The highest BCUT2D eigenvalue weighted by Crippen LogP contribution is 2.22. The van der Waals surface area contributed by atoms with Crippen LogP contribution < -0.4 is 10.1 Å². The number of carbonyl (C=O) groups is 2. The molecule has 25 heavy (non-hydrogen) atoms. The lowest BCUT2D eigenvalue weighted by Crippen LogP contribution is -2.29. The number of benzene rings is 2. The summed E-state index contributed by atoms with van der Waals surface area (Å²) in [6, 6.07) is 11.8. The zero-order chi connectivity index (χ0) is 18.2. The van der Waals surface area contributed by atoms with Gasteiger partial charge in [-0.05, 0) is 31.0 Å². The molecule has 2 aromatic carbocycles. The van der Waals surface area contributed by atoms with E-state index in [9.17, 15) is 14.0 Å². The maximum atomic E-state index is 13.4. The summed E-state index contributed by atoms with van der Waals surface area (Å²) in [5.74, 6) is -0.933. The van der Waals surface area contributed by atoms with Crippen molar-refractivity contribution in [1.82, 2.24) is 5.32 Å². The van der Waals surface area contributed by atoms with E-state index in [2.05, 4.69) is 5.32 Å². The number of hydrogen-bond acceptors (Lipinski definition) is 4. The molecular formula is C19H20FNO4. The summed E-state index contributed by atoms with van der Waals surface area (Å²) in [6.45, 7) is 3.06. The number of rotatable bonds is 7. The predicted molar refractivity (Wildman–Crippen MR) is 90.6 cm³/mol. The van der Waals surface area contributed by atoms with Gasteiger partial charge in [0.05, 0.1) is 0 Å². The van der Waals surface area contributed by atoms with E-state index in [4.69, 9.17) is 9.47 Å². The van der Waals surface area contributed by atoms with Gasteiger partial charge in [-0.3, -0.25) is 4.79 Å². The van der Waals surface area contributed by atoms with E-state index in [1.54, 1.807) is 18.2 Å². The van der Waals surface area contributed by atoms with Crippen LogP contribution in [0, 0.1) is 19.7 Å². The van der Waals surface area contributed by atoms with Crippen molar-refractivity contribution in [2.75, 3.05) is 13.2 Å². The van der Waals surface area contributed by atoms with Gasteiger partial charge in [0.15, 0.2) is 13.2 Å². The molecular weight excluding hydrogens is 325 g/mol. The van der Waals surface area contributed by atoms with Gasteiger partial charge in [0.2, 0.25) is 0 Å². The molecule has 2 aromatic rings. The Hall–Kier alpha value is -2.89. The van der Waals surface area contributed by atoms with Crippen molar-refractivity contribution in [2.24, 2.45) is 0 Å². The van der Waals surface area contributed by atoms with Gasteiger partial charge in [0.25, 0.3) is 5.91 Å². The van der Waals surface area contributed by atoms with Gasteiger partial charge in [-0.1, -0.05) is 36.4 Å². The van der Waals surface area contributed by atoms with Crippen molar-refractivity contribution < 1.29 is 23.5 Å². The van der Waals surface area contributed by atoms with E-state index < -0.39 is 24.3 Å². The fourth-order valence-electron chi connectivity index (χ4n) is 2.23. The Bertz CT molecular complexity index is 741. The minimum Gasteiger partial charge on any atom is -0.481 e. The van der Waals surface area contributed by atoms with Gasteiger partial charge in [-0.15, -0.1) is 0 Å². The van der Waals surface area contributed by atoms with Crippen molar-refractivity contribution in [3.8, 4) is 5.75 Å². The third-order valence-corrected chi connectivity index (χ3v) is 3.54. The summed E-state index contributed by atoms with van der Waals surface area (Å²) >= 11 is 0. The fraction of sp³-hybridized carbons (Fsp3) is 0.263. The van der Waals surface area contributed by atoms with Crippen LogP contribution in [0.25, 0.3) is 0 Å². The average Bonchev–Trinajstić information content (AvgIpc) is 2.59. The van der Waals surface area contributed by atoms with Crippen LogP contribution in [0.3, 0.4) is 0 Å². The number of amides is 1. The van der Waals surface area contributed by atoms with Crippen LogP contribution >= 0.6 is 0 Å². The molecule has 0 fully saturated rings. The standard InChI is InChI=1S/C19H20FNO4/c1-13-6-5-7-14(2)19(13)25-12-18(23)24-11-17(22)21-10-15-8-3-4-9-16(15)20/h3-9H,10-12H2,1-2H3,(H,21,22). The van der Waals surface area contributed by atoms with Crippen LogP contribution in [0.15, 0.2) is 42.5 Å². The third kappa shape index (κ3) is 5.60. The number of hydrogen-bond donors (Lipinski definition) is 1. The average molecular weight is 345 g/mol.